The van der Waals surface area contributed by atoms with E-state index in [1.165, 1.54) is 0 Å². The molecule has 0 aromatic heterocycles. The molecule has 0 aliphatic carbocycles. The Morgan fingerprint density at radius 2 is 2.19 bits per heavy atom. The lowest BCUT2D eigenvalue weighted by molar-refractivity contribution is -0.00209. The molecule has 0 saturated carbocycles. The van der Waals surface area contributed by atoms with E-state index in [-0.39, 0.29) is 11.1 Å². The van der Waals surface area contributed by atoms with Crippen LogP contribution < -0.4 is 5.32 Å². The normalized spacial score (nSPS) is 28.4. The highest BCUT2D eigenvalue weighted by atomic mass is 32.2. The molecule has 0 amide bonds. The standard InChI is InChI=1S/C12H24N2OS/c1-6-12(5)9-16-10(14-12)13-8-11(3,4)15-7-2/h6-9H2,1-5H3,(H,13,14). The van der Waals surface area contributed by atoms with Crippen LogP contribution in [0.25, 0.3) is 0 Å². The Labute approximate surface area is 103 Å². The molecule has 3 nitrogen and oxygen atoms in total. The molecule has 0 aromatic rings. The first-order valence-corrected chi connectivity index (χ1v) is 6.99. The minimum atomic E-state index is -0.158. The van der Waals surface area contributed by atoms with Crippen molar-refractivity contribution >= 4 is 16.9 Å². The molecule has 94 valence electrons. The van der Waals surface area contributed by atoms with Gasteiger partial charge in [0.25, 0.3) is 0 Å². The van der Waals surface area contributed by atoms with E-state index in [9.17, 15) is 0 Å². The van der Waals surface area contributed by atoms with Crippen LogP contribution in [0, 0.1) is 0 Å². The van der Waals surface area contributed by atoms with E-state index in [2.05, 4.69) is 38.0 Å². The number of hydrogen-bond acceptors (Lipinski definition) is 3. The summed E-state index contributed by atoms with van der Waals surface area (Å²) < 4.78 is 5.62. The van der Waals surface area contributed by atoms with Crippen molar-refractivity contribution in [2.45, 2.75) is 52.2 Å². The molecule has 1 atom stereocenters. The molecule has 1 saturated heterocycles. The molecule has 0 radical (unpaired) electrons. The van der Waals surface area contributed by atoms with E-state index in [1.54, 1.807) is 0 Å². The number of nitrogens with one attached hydrogen (secondary N) is 1. The fourth-order valence-corrected chi connectivity index (χ4v) is 2.74. The summed E-state index contributed by atoms with van der Waals surface area (Å²) in [7, 11) is 0. The number of nitrogens with zero attached hydrogens (tertiary/aromatic N) is 1. The van der Waals surface area contributed by atoms with Crippen molar-refractivity contribution in [3.8, 4) is 0 Å². The van der Waals surface area contributed by atoms with Crippen LogP contribution in [0.2, 0.25) is 0 Å². The lowest BCUT2D eigenvalue weighted by Gasteiger charge is -2.23. The Hall–Kier alpha value is -0.220. The van der Waals surface area contributed by atoms with E-state index in [4.69, 9.17) is 4.74 Å². The predicted molar refractivity (Wildman–Crippen MR) is 72.3 cm³/mol. The first-order chi connectivity index (χ1) is 7.41. The maximum absolute atomic E-state index is 5.62. The van der Waals surface area contributed by atoms with Gasteiger partial charge in [0, 0.05) is 17.9 Å². The van der Waals surface area contributed by atoms with Gasteiger partial charge in [0.1, 0.15) is 0 Å². The van der Waals surface area contributed by atoms with Crippen molar-refractivity contribution in [3.63, 3.8) is 0 Å². The third-order valence-electron chi connectivity index (χ3n) is 2.86. The molecule has 1 aliphatic rings. The second-order valence-electron chi connectivity index (χ2n) is 5.14. The Kier molecular flexibility index (Phi) is 4.68. The molecule has 1 fully saturated rings. The maximum atomic E-state index is 5.62. The number of ether oxygens (including phenoxy) is 1. The lowest BCUT2D eigenvalue weighted by Crippen LogP contribution is -2.40. The van der Waals surface area contributed by atoms with Crippen LogP contribution in [0.5, 0.6) is 0 Å². The van der Waals surface area contributed by atoms with Crippen molar-refractivity contribution in [1.29, 1.82) is 0 Å². The van der Waals surface area contributed by atoms with E-state index in [0.717, 1.165) is 30.5 Å². The zero-order chi connectivity index (χ0) is 12.2. The third-order valence-corrected chi connectivity index (χ3v) is 4.14. The highest BCUT2D eigenvalue weighted by molar-refractivity contribution is 8.14. The van der Waals surface area contributed by atoms with Crippen LogP contribution in [-0.4, -0.2) is 35.2 Å². The predicted octanol–water partition coefficient (Wildman–Crippen LogP) is 2.66. The number of aliphatic imine (C=N–C) groups is 1. The molecule has 1 heterocycles. The van der Waals surface area contributed by atoms with Crippen molar-refractivity contribution in [1.82, 2.24) is 5.32 Å². The minimum absolute atomic E-state index is 0.158. The van der Waals surface area contributed by atoms with E-state index in [0.29, 0.717) is 0 Å². The average Bonchev–Trinajstić information content (AvgIpc) is 2.59. The van der Waals surface area contributed by atoms with Gasteiger partial charge in [0.2, 0.25) is 0 Å². The molecule has 0 spiro atoms. The summed E-state index contributed by atoms with van der Waals surface area (Å²) in [6.45, 7) is 12.1. The SMILES string of the molecule is CCOC(C)(C)CN=C1NC(C)(CC)CS1. The van der Waals surface area contributed by atoms with Gasteiger partial charge in [-0.05, 0) is 34.1 Å². The summed E-state index contributed by atoms with van der Waals surface area (Å²) in [5.74, 6) is 1.11. The van der Waals surface area contributed by atoms with Gasteiger partial charge in [-0.3, -0.25) is 4.99 Å². The van der Waals surface area contributed by atoms with Gasteiger partial charge in [0.05, 0.1) is 12.1 Å². The molecule has 16 heavy (non-hydrogen) atoms. The van der Waals surface area contributed by atoms with Crippen molar-refractivity contribution in [2.24, 2.45) is 4.99 Å². The first-order valence-electron chi connectivity index (χ1n) is 6.00. The highest BCUT2D eigenvalue weighted by Gasteiger charge is 2.30. The smallest absolute Gasteiger partial charge is 0.157 e. The minimum Gasteiger partial charge on any atom is -0.374 e. The van der Waals surface area contributed by atoms with Crippen LogP contribution in [0.3, 0.4) is 0 Å². The van der Waals surface area contributed by atoms with E-state index < -0.39 is 0 Å². The zero-order valence-corrected chi connectivity index (χ0v) is 11.9. The van der Waals surface area contributed by atoms with Crippen molar-refractivity contribution in [3.05, 3.63) is 0 Å². The topological polar surface area (TPSA) is 33.6 Å². The number of rotatable bonds is 5. The Balaban J connectivity index is 2.48. The Morgan fingerprint density at radius 1 is 1.50 bits per heavy atom. The van der Waals surface area contributed by atoms with E-state index >= 15 is 0 Å². The van der Waals surface area contributed by atoms with Crippen molar-refractivity contribution < 1.29 is 4.74 Å². The molecule has 0 bridgehead atoms. The Morgan fingerprint density at radius 3 is 2.69 bits per heavy atom. The summed E-state index contributed by atoms with van der Waals surface area (Å²) in [6.07, 6.45) is 1.13. The fourth-order valence-electron chi connectivity index (χ4n) is 1.53. The molecule has 4 heteroatoms. The molecule has 0 aromatic carbocycles. The molecule has 1 unspecified atom stereocenters. The third kappa shape index (κ3) is 3.98. The molecular formula is C12H24N2OS. The van der Waals surface area contributed by atoms with Gasteiger partial charge in [-0.25, -0.2) is 0 Å². The van der Waals surface area contributed by atoms with Crippen molar-refractivity contribution in [2.75, 3.05) is 18.9 Å². The fraction of sp³-hybridized carbons (Fsp3) is 0.917. The zero-order valence-electron chi connectivity index (χ0n) is 11.1. The second-order valence-corrected chi connectivity index (χ2v) is 6.11. The van der Waals surface area contributed by atoms with Crippen LogP contribution in [0.1, 0.15) is 41.0 Å². The van der Waals surface area contributed by atoms with Crippen LogP contribution in [-0.2, 0) is 4.74 Å². The summed E-state index contributed by atoms with van der Waals surface area (Å²) >= 11 is 1.82. The summed E-state index contributed by atoms with van der Waals surface area (Å²) in [5.41, 5.74) is 0.0639. The molecular weight excluding hydrogens is 220 g/mol. The van der Waals surface area contributed by atoms with E-state index in [1.807, 2.05) is 18.7 Å². The van der Waals surface area contributed by atoms with Gasteiger partial charge in [-0.2, -0.15) is 0 Å². The van der Waals surface area contributed by atoms with Gasteiger partial charge in [0.15, 0.2) is 5.17 Å². The largest absolute Gasteiger partial charge is 0.374 e. The summed E-state index contributed by atoms with van der Waals surface area (Å²) in [5, 5.41) is 4.56. The first kappa shape index (κ1) is 13.8. The Bertz CT molecular complexity index is 266. The molecule has 1 N–H and O–H groups in total. The lowest BCUT2D eigenvalue weighted by atomic mass is 10.0. The van der Waals surface area contributed by atoms with Crippen LogP contribution in [0.4, 0.5) is 0 Å². The molecule has 1 aliphatic heterocycles. The van der Waals surface area contributed by atoms with Crippen LogP contribution in [0.15, 0.2) is 4.99 Å². The number of amidine groups is 1. The highest BCUT2D eigenvalue weighted by Crippen LogP contribution is 2.25. The van der Waals surface area contributed by atoms with Crippen LogP contribution >= 0.6 is 11.8 Å². The molecule has 1 rings (SSSR count). The van der Waals surface area contributed by atoms with Gasteiger partial charge in [-0.1, -0.05) is 18.7 Å². The quantitative estimate of drug-likeness (QED) is 0.807. The second kappa shape index (κ2) is 5.41. The summed E-state index contributed by atoms with van der Waals surface area (Å²) in [4.78, 5) is 4.60. The van der Waals surface area contributed by atoms with Gasteiger partial charge in [-0.15, -0.1) is 0 Å². The maximum Gasteiger partial charge on any atom is 0.157 e. The number of thioether (sulfide) groups is 1. The van der Waals surface area contributed by atoms with Gasteiger partial charge >= 0.3 is 0 Å². The number of hydrogen-bond donors (Lipinski definition) is 1. The average molecular weight is 244 g/mol. The van der Waals surface area contributed by atoms with Gasteiger partial charge < -0.3 is 10.1 Å². The monoisotopic (exact) mass is 244 g/mol. The summed E-state index contributed by atoms with van der Waals surface area (Å²) in [6, 6.07) is 0.